The van der Waals surface area contributed by atoms with E-state index in [-0.39, 0.29) is 16.3 Å². The average Bonchev–Trinajstić information content (AvgIpc) is 3.31. The number of hydrogen-bond acceptors (Lipinski definition) is 5. The van der Waals surface area contributed by atoms with Crippen LogP contribution in [-0.4, -0.2) is 36.4 Å². The second kappa shape index (κ2) is 9.46. The maximum atomic E-state index is 14.1. The molecular formula is C24H26FN3O5S. The summed E-state index contributed by atoms with van der Waals surface area (Å²) in [5.74, 6) is -1.38. The van der Waals surface area contributed by atoms with Crippen LogP contribution >= 0.6 is 0 Å². The molecule has 0 amide bonds. The van der Waals surface area contributed by atoms with Crippen molar-refractivity contribution in [2.45, 2.75) is 43.4 Å². The Hall–Kier alpha value is -3.40. The number of halogens is 1. The highest BCUT2D eigenvalue weighted by molar-refractivity contribution is 7.92. The molecule has 0 saturated heterocycles. The number of nitrogens with one attached hydrogen (secondary N) is 1. The summed E-state index contributed by atoms with van der Waals surface area (Å²) in [4.78, 5) is 11.0. The molecule has 3 aromatic rings. The molecule has 1 aliphatic carbocycles. The third-order valence-electron chi connectivity index (χ3n) is 6.28. The minimum absolute atomic E-state index is 0.123. The van der Waals surface area contributed by atoms with Crippen LogP contribution in [0.3, 0.4) is 0 Å². The zero-order valence-corrected chi connectivity index (χ0v) is 19.7. The zero-order chi connectivity index (χ0) is 24.5. The first kappa shape index (κ1) is 23.7. The van der Waals surface area contributed by atoms with Crippen molar-refractivity contribution in [2.75, 3.05) is 11.8 Å². The number of ether oxygens (including phenoxy) is 1. The van der Waals surface area contributed by atoms with Crippen molar-refractivity contribution in [1.29, 1.82) is 0 Å². The maximum Gasteiger partial charge on any atom is 0.338 e. The van der Waals surface area contributed by atoms with Gasteiger partial charge in [-0.15, -0.1) is 0 Å². The van der Waals surface area contributed by atoms with Crippen LogP contribution < -0.4 is 9.46 Å². The van der Waals surface area contributed by atoms with E-state index in [1.54, 1.807) is 0 Å². The summed E-state index contributed by atoms with van der Waals surface area (Å²) in [6.07, 6.45) is 7.35. The van der Waals surface area contributed by atoms with Gasteiger partial charge in [0.05, 0.1) is 36.4 Å². The van der Waals surface area contributed by atoms with Crippen LogP contribution in [0.1, 0.15) is 54.4 Å². The number of rotatable bonds is 7. The lowest BCUT2D eigenvalue weighted by atomic mass is 9.79. The minimum atomic E-state index is -4.14. The Morgan fingerprint density at radius 3 is 2.47 bits per heavy atom. The summed E-state index contributed by atoms with van der Waals surface area (Å²) in [5.41, 5.74) is 1.14. The molecule has 0 unspecified atom stereocenters. The molecule has 0 radical (unpaired) electrons. The van der Waals surface area contributed by atoms with Gasteiger partial charge in [-0.1, -0.05) is 31.9 Å². The lowest BCUT2D eigenvalue weighted by Crippen LogP contribution is -2.14. The molecule has 34 heavy (non-hydrogen) atoms. The first-order valence-corrected chi connectivity index (χ1v) is 12.4. The molecular weight excluding hydrogens is 461 g/mol. The van der Waals surface area contributed by atoms with E-state index >= 15 is 0 Å². The predicted molar refractivity (Wildman–Crippen MR) is 125 cm³/mol. The highest BCUT2D eigenvalue weighted by atomic mass is 32.2. The maximum absolute atomic E-state index is 14.1. The highest BCUT2D eigenvalue weighted by Gasteiger charge is 2.23. The summed E-state index contributed by atoms with van der Waals surface area (Å²) in [5, 5.41) is 13.2. The minimum Gasteiger partial charge on any atom is -0.495 e. The number of methoxy groups -OCH3 is 1. The predicted octanol–water partition coefficient (Wildman–Crippen LogP) is 4.81. The number of carboxylic acid groups (broad SMARTS) is 1. The van der Waals surface area contributed by atoms with Gasteiger partial charge in [0, 0.05) is 6.07 Å². The van der Waals surface area contributed by atoms with Gasteiger partial charge in [0.2, 0.25) is 0 Å². The van der Waals surface area contributed by atoms with Crippen molar-refractivity contribution >= 4 is 21.7 Å². The molecule has 2 N–H and O–H groups in total. The summed E-state index contributed by atoms with van der Waals surface area (Å²) < 4.78 is 48.6. The number of carbonyl (C=O) groups is 1. The van der Waals surface area contributed by atoms with Gasteiger partial charge in [0.1, 0.15) is 16.5 Å². The number of nitrogens with zero attached hydrogens (tertiary/aromatic N) is 2. The van der Waals surface area contributed by atoms with E-state index in [9.17, 15) is 17.6 Å². The van der Waals surface area contributed by atoms with E-state index in [1.807, 2.05) is 12.1 Å². The lowest BCUT2D eigenvalue weighted by Gasteiger charge is -2.26. The van der Waals surface area contributed by atoms with E-state index in [0.29, 0.717) is 11.6 Å². The zero-order valence-electron chi connectivity index (χ0n) is 18.9. The number of aromatic carboxylic acids is 1. The summed E-state index contributed by atoms with van der Waals surface area (Å²) in [6, 6.07) is 9.63. The fourth-order valence-electron chi connectivity index (χ4n) is 4.25. The summed E-state index contributed by atoms with van der Waals surface area (Å²) in [6.45, 7) is 2.29. The molecule has 4 rings (SSSR count). The van der Waals surface area contributed by atoms with Crippen LogP contribution in [-0.2, 0) is 10.0 Å². The SMILES string of the molecule is COc1cc(C(=O)O)c(F)cc1NS(=O)(=O)c1cnn(-c2ccc(C3CCC(C)CC3)cc2)c1. The van der Waals surface area contributed by atoms with E-state index in [1.165, 1.54) is 55.4 Å². The molecule has 0 spiro atoms. The number of carboxylic acids is 1. The fourth-order valence-corrected chi connectivity index (χ4v) is 5.24. The molecule has 10 heteroatoms. The molecule has 1 saturated carbocycles. The molecule has 1 fully saturated rings. The number of sulfonamides is 1. The molecule has 8 nitrogen and oxygen atoms in total. The highest BCUT2D eigenvalue weighted by Crippen LogP contribution is 2.36. The molecule has 1 aliphatic rings. The third kappa shape index (κ3) is 4.91. The molecule has 2 aromatic carbocycles. The standard InChI is InChI=1S/C24H26FN3O5S/c1-15-3-5-16(6-4-15)17-7-9-18(10-8-17)28-14-19(13-26-28)34(31,32)27-22-12-21(25)20(24(29)30)11-23(22)33-2/h7-16,27H,3-6H2,1-2H3,(H,29,30). The Balaban J connectivity index is 1.53. The van der Waals surface area contributed by atoms with Crippen molar-refractivity contribution < 1.29 is 27.4 Å². The summed E-state index contributed by atoms with van der Waals surface area (Å²) >= 11 is 0. The van der Waals surface area contributed by atoms with Crippen molar-refractivity contribution in [3.05, 3.63) is 65.7 Å². The van der Waals surface area contributed by atoms with Crippen LogP contribution in [0.4, 0.5) is 10.1 Å². The number of benzene rings is 2. The number of hydrogen-bond donors (Lipinski definition) is 2. The van der Waals surface area contributed by atoms with Crippen LogP contribution in [0.2, 0.25) is 0 Å². The van der Waals surface area contributed by atoms with Crippen LogP contribution in [0.15, 0.2) is 53.7 Å². The number of anilines is 1. The smallest absolute Gasteiger partial charge is 0.338 e. The topological polar surface area (TPSA) is 111 Å². The Kier molecular flexibility index (Phi) is 6.60. The van der Waals surface area contributed by atoms with E-state index < -0.39 is 27.4 Å². The van der Waals surface area contributed by atoms with Crippen molar-refractivity contribution in [3.8, 4) is 11.4 Å². The van der Waals surface area contributed by atoms with E-state index in [0.717, 1.165) is 18.1 Å². The molecule has 1 aromatic heterocycles. The largest absolute Gasteiger partial charge is 0.495 e. The second-order valence-electron chi connectivity index (χ2n) is 8.61. The first-order valence-electron chi connectivity index (χ1n) is 11.0. The van der Waals surface area contributed by atoms with Crippen LogP contribution in [0.5, 0.6) is 5.75 Å². The van der Waals surface area contributed by atoms with Crippen LogP contribution in [0.25, 0.3) is 5.69 Å². The van der Waals surface area contributed by atoms with Crippen molar-refractivity contribution in [2.24, 2.45) is 5.92 Å². The Bertz CT molecular complexity index is 1300. The Labute approximate surface area is 197 Å². The Morgan fingerprint density at radius 1 is 1.18 bits per heavy atom. The van der Waals surface area contributed by atoms with Gasteiger partial charge in [0.15, 0.2) is 0 Å². The fraction of sp³-hybridized carbons (Fsp3) is 0.333. The van der Waals surface area contributed by atoms with E-state index in [4.69, 9.17) is 9.84 Å². The first-order chi connectivity index (χ1) is 16.2. The van der Waals surface area contributed by atoms with Gasteiger partial charge < -0.3 is 9.84 Å². The van der Waals surface area contributed by atoms with Gasteiger partial charge in [-0.2, -0.15) is 5.10 Å². The van der Waals surface area contributed by atoms with Crippen molar-refractivity contribution in [3.63, 3.8) is 0 Å². The van der Waals surface area contributed by atoms with Gasteiger partial charge >= 0.3 is 5.97 Å². The Morgan fingerprint density at radius 2 is 1.85 bits per heavy atom. The van der Waals surface area contributed by atoms with Crippen LogP contribution in [0, 0.1) is 11.7 Å². The summed E-state index contributed by atoms with van der Waals surface area (Å²) in [7, 11) is -2.91. The molecule has 0 atom stereocenters. The normalized spacial score (nSPS) is 18.4. The molecule has 180 valence electrons. The third-order valence-corrected chi connectivity index (χ3v) is 7.60. The second-order valence-corrected chi connectivity index (χ2v) is 10.3. The van der Waals surface area contributed by atoms with Gasteiger partial charge in [-0.05, 0) is 48.4 Å². The molecule has 1 heterocycles. The van der Waals surface area contributed by atoms with Gasteiger partial charge in [0.25, 0.3) is 10.0 Å². The van der Waals surface area contributed by atoms with E-state index in [2.05, 4.69) is 28.9 Å². The molecule has 0 aliphatic heterocycles. The molecule has 0 bridgehead atoms. The number of aromatic nitrogens is 2. The van der Waals surface area contributed by atoms with Gasteiger partial charge in [-0.3, -0.25) is 4.72 Å². The van der Waals surface area contributed by atoms with Crippen molar-refractivity contribution in [1.82, 2.24) is 9.78 Å². The lowest BCUT2D eigenvalue weighted by molar-refractivity contribution is 0.0691. The monoisotopic (exact) mass is 487 g/mol. The average molecular weight is 488 g/mol. The van der Waals surface area contributed by atoms with Gasteiger partial charge in [-0.25, -0.2) is 22.3 Å². The quantitative estimate of drug-likeness (QED) is 0.495.